The van der Waals surface area contributed by atoms with Crippen LogP contribution in [0.25, 0.3) is 0 Å². The SMILES string of the molecule is COC(=O)c1ccc(CN2CCNC(=O)CC2)cc1. The Balaban J connectivity index is 1.95. The third kappa shape index (κ3) is 3.79. The number of nitrogens with zero attached hydrogens (tertiary/aromatic N) is 1. The van der Waals surface area contributed by atoms with Crippen molar-refractivity contribution < 1.29 is 14.3 Å². The molecule has 2 rings (SSSR count). The van der Waals surface area contributed by atoms with Gasteiger partial charge in [-0.2, -0.15) is 0 Å². The predicted octanol–water partition coefficient (Wildman–Crippen LogP) is 0.795. The molecule has 5 nitrogen and oxygen atoms in total. The Labute approximate surface area is 112 Å². The van der Waals surface area contributed by atoms with Crippen LogP contribution in [0.5, 0.6) is 0 Å². The lowest BCUT2D eigenvalue weighted by atomic mass is 10.1. The first-order valence-electron chi connectivity index (χ1n) is 6.35. The van der Waals surface area contributed by atoms with Crippen molar-refractivity contribution in [3.05, 3.63) is 35.4 Å². The van der Waals surface area contributed by atoms with Crippen LogP contribution >= 0.6 is 0 Å². The number of carbonyl (C=O) groups is 2. The Morgan fingerprint density at radius 1 is 1.32 bits per heavy atom. The zero-order valence-corrected chi connectivity index (χ0v) is 11.0. The molecule has 0 spiro atoms. The number of rotatable bonds is 3. The summed E-state index contributed by atoms with van der Waals surface area (Å²) in [4.78, 5) is 24.8. The highest BCUT2D eigenvalue weighted by Crippen LogP contribution is 2.09. The Bertz CT molecular complexity index is 456. The Morgan fingerprint density at radius 2 is 2.05 bits per heavy atom. The second-order valence-corrected chi connectivity index (χ2v) is 4.56. The van der Waals surface area contributed by atoms with Crippen LogP contribution in [0.15, 0.2) is 24.3 Å². The molecule has 1 N–H and O–H groups in total. The van der Waals surface area contributed by atoms with Crippen molar-refractivity contribution in [2.24, 2.45) is 0 Å². The van der Waals surface area contributed by atoms with Crippen LogP contribution in [0.1, 0.15) is 22.3 Å². The van der Waals surface area contributed by atoms with Crippen molar-refractivity contribution in [2.45, 2.75) is 13.0 Å². The monoisotopic (exact) mass is 262 g/mol. The van der Waals surface area contributed by atoms with E-state index >= 15 is 0 Å². The highest BCUT2D eigenvalue weighted by molar-refractivity contribution is 5.89. The summed E-state index contributed by atoms with van der Waals surface area (Å²) >= 11 is 0. The Morgan fingerprint density at radius 3 is 2.74 bits per heavy atom. The van der Waals surface area contributed by atoms with E-state index in [0.29, 0.717) is 18.5 Å². The molecule has 1 aromatic carbocycles. The lowest BCUT2D eigenvalue weighted by Gasteiger charge is -2.18. The topological polar surface area (TPSA) is 58.6 Å². The van der Waals surface area contributed by atoms with Gasteiger partial charge in [0.15, 0.2) is 0 Å². The van der Waals surface area contributed by atoms with Gasteiger partial charge in [-0.1, -0.05) is 12.1 Å². The first-order chi connectivity index (χ1) is 9.19. The highest BCUT2D eigenvalue weighted by atomic mass is 16.5. The number of esters is 1. The van der Waals surface area contributed by atoms with Gasteiger partial charge in [0.1, 0.15) is 0 Å². The average Bonchev–Trinajstić information content (AvgIpc) is 2.64. The number of amides is 1. The second-order valence-electron chi connectivity index (χ2n) is 4.56. The molecule has 1 amide bonds. The maximum Gasteiger partial charge on any atom is 0.337 e. The third-order valence-corrected chi connectivity index (χ3v) is 3.19. The number of nitrogens with one attached hydrogen (secondary N) is 1. The molecule has 0 aliphatic carbocycles. The first-order valence-corrected chi connectivity index (χ1v) is 6.35. The molecule has 1 fully saturated rings. The molecular weight excluding hydrogens is 244 g/mol. The van der Waals surface area contributed by atoms with Crippen LogP contribution < -0.4 is 5.32 Å². The van der Waals surface area contributed by atoms with Gasteiger partial charge in [-0.05, 0) is 17.7 Å². The highest BCUT2D eigenvalue weighted by Gasteiger charge is 2.13. The smallest absolute Gasteiger partial charge is 0.337 e. The Kier molecular flexibility index (Phi) is 4.52. The summed E-state index contributed by atoms with van der Waals surface area (Å²) < 4.78 is 4.66. The van der Waals surface area contributed by atoms with Crippen LogP contribution in [0, 0.1) is 0 Å². The minimum Gasteiger partial charge on any atom is -0.465 e. The third-order valence-electron chi connectivity index (χ3n) is 3.19. The van der Waals surface area contributed by atoms with Gasteiger partial charge in [0.05, 0.1) is 12.7 Å². The second kappa shape index (κ2) is 6.33. The molecule has 19 heavy (non-hydrogen) atoms. The van der Waals surface area contributed by atoms with E-state index in [0.717, 1.165) is 25.2 Å². The number of methoxy groups -OCH3 is 1. The van der Waals surface area contributed by atoms with E-state index in [1.54, 1.807) is 12.1 Å². The standard InChI is InChI=1S/C14H18N2O3/c1-19-14(18)12-4-2-11(3-5-12)10-16-8-6-13(17)15-7-9-16/h2-5H,6-10H2,1H3,(H,15,17). The normalized spacial score (nSPS) is 16.6. The summed E-state index contributed by atoms with van der Waals surface area (Å²) in [7, 11) is 1.37. The largest absolute Gasteiger partial charge is 0.465 e. The summed E-state index contributed by atoms with van der Waals surface area (Å²) in [5.41, 5.74) is 1.68. The minimum absolute atomic E-state index is 0.114. The van der Waals surface area contributed by atoms with Gasteiger partial charge in [0.25, 0.3) is 0 Å². The lowest BCUT2D eigenvalue weighted by Crippen LogP contribution is -2.28. The zero-order chi connectivity index (χ0) is 13.7. The van der Waals surface area contributed by atoms with E-state index in [9.17, 15) is 9.59 Å². The maximum absolute atomic E-state index is 11.3. The van der Waals surface area contributed by atoms with Crippen molar-refractivity contribution in [3.8, 4) is 0 Å². The molecule has 0 radical (unpaired) electrons. The molecule has 1 saturated heterocycles. The molecule has 1 aliphatic rings. The molecule has 5 heteroatoms. The van der Waals surface area contributed by atoms with Crippen LogP contribution in [0.4, 0.5) is 0 Å². The molecule has 1 aliphatic heterocycles. The van der Waals surface area contributed by atoms with Crippen molar-refractivity contribution >= 4 is 11.9 Å². The summed E-state index contributed by atoms with van der Waals surface area (Å²) in [6.45, 7) is 3.10. The number of hydrogen-bond acceptors (Lipinski definition) is 4. The summed E-state index contributed by atoms with van der Waals surface area (Å²) in [5, 5.41) is 2.85. The van der Waals surface area contributed by atoms with Crippen LogP contribution in [0.3, 0.4) is 0 Å². The molecule has 1 aromatic rings. The predicted molar refractivity (Wildman–Crippen MR) is 70.7 cm³/mol. The molecule has 0 atom stereocenters. The molecule has 1 heterocycles. The van der Waals surface area contributed by atoms with E-state index in [4.69, 9.17) is 0 Å². The zero-order valence-electron chi connectivity index (χ0n) is 11.0. The maximum atomic E-state index is 11.3. The van der Waals surface area contributed by atoms with Crippen LogP contribution in [0.2, 0.25) is 0 Å². The first kappa shape index (κ1) is 13.5. The van der Waals surface area contributed by atoms with E-state index in [-0.39, 0.29) is 11.9 Å². The molecule has 102 valence electrons. The van der Waals surface area contributed by atoms with Crippen molar-refractivity contribution in [2.75, 3.05) is 26.7 Å². The fraction of sp³-hybridized carbons (Fsp3) is 0.429. The summed E-state index contributed by atoms with van der Waals surface area (Å²) in [6, 6.07) is 7.38. The van der Waals surface area contributed by atoms with Gasteiger partial charge in [-0.15, -0.1) is 0 Å². The quantitative estimate of drug-likeness (QED) is 0.818. The van der Waals surface area contributed by atoms with Crippen LogP contribution in [-0.4, -0.2) is 43.5 Å². The van der Waals surface area contributed by atoms with Gasteiger partial charge in [-0.3, -0.25) is 9.69 Å². The summed E-state index contributed by atoms with van der Waals surface area (Å²) in [5.74, 6) is -0.209. The van der Waals surface area contributed by atoms with E-state index in [1.807, 2.05) is 12.1 Å². The van der Waals surface area contributed by atoms with Crippen molar-refractivity contribution in [3.63, 3.8) is 0 Å². The average molecular weight is 262 g/mol. The number of benzene rings is 1. The number of carbonyl (C=O) groups excluding carboxylic acids is 2. The molecule has 0 aromatic heterocycles. The number of ether oxygens (including phenoxy) is 1. The molecule has 0 unspecified atom stereocenters. The minimum atomic E-state index is -0.323. The van der Waals surface area contributed by atoms with Gasteiger partial charge in [-0.25, -0.2) is 4.79 Å². The van der Waals surface area contributed by atoms with Crippen molar-refractivity contribution in [1.82, 2.24) is 10.2 Å². The van der Waals surface area contributed by atoms with Gasteiger partial charge < -0.3 is 10.1 Å². The molecule has 0 bridgehead atoms. The molecule has 0 saturated carbocycles. The van der Waals surface area contributed by atoms with E-state index < -0.39 is 0 Å². The van der Waals surface area contributed by atoms with Gasteiger partial charge in [0.2, 0.25) is 5.91 Å². The van der Waals surface area contributed by atoms with E-state index in [2.05, 4.69) is 15.0 Å². The fourth-order valence-electron chi connectivity index (χ4n) is 2.09. The lowest BCUT2D eigenvalue weighted by molar-refractivity contribution is -0.120. The number of hydrogen-bond donors (Lipinski definition) is 1. The summed E-state index contributed by atoms with van der Waals surface area (Å²) in [6.07, 6.45) is 0.542. The van der Waals surface area contributed by atoms with Crippen LogP contribution in [-0.2, 0) is 16.1 Å². The molecular formula is C14H18N2O3. The van der Waals surface area contributed by atoms with E-state index in [1.165, 1.54) is 7.11 Å². The Hall–Kier alpha value is -1.88. The fourth-order valence-corrected chi connectivity index (χ4v) is 2.09. The van der Waals surface area contributed by atoms with Gasteiger partial charge >= 0.3 is 5.97 Å². The van der Waals surface area contributed by atoms with Crippen molar-refractivity contribution in [1.29, 1.82) is 0 Å². The van der Waals surface area contributed by atoms with Gasteiger partial charge in [0, 0.05) is 32.6 Å².